The van der Waals surface area contributed by atoms with Crippen molar-refractivity contribution in [2.24, 2.45) is 0 Å². The van der Waals surface area contributed by atoms with E-state index in [4.69, 9.17) is 0 Å². The third kappa shape index (κ3) is 6.02. The number of nitrogens with one attached hydrogen (secondary N) is 2. The van der Waals surface area contributed by atoms with Gasteiger partial charge in [0.15, 0.2) is 0 Å². The average Bonchev–Trinajstić information content (AvgIpc) is 2.34. The zero-order valence-corrected chi connectivity index (χ0v) is 12.3. The summed E-state index contributed by atoms with van der Waals surface area (Å²) >= 11 is -0.102. The number of hydrogen-bond acceptors (Lipinski definition) is 4. The fraction of sp³-hybridized carbons (Fsp3) is 0.455. The lowest BCUT2D eigenvalue weighted by molar-refractivity contribution is -0.0327. The first kappa shape index (κ1) is 17.1. The van der Waals surface area contributed by atoms with Gasteiger partial charge < -0.3 is 5.32 Å². The first-order chi connectivity index (χ1) is 9.24. The van der Waals surface area contributed by atoms with E-state index in [1.807, 2.05) is 0 Å². The summed E-state index contributed by atoms with van der Waals surface area (Å²) in [6, 6.07) is 5.83. The molecule has 0 atom stereocenters. The molecule has 20 heavy (non-hydrogen) atoms. The third-order valence-corrected chi connectivity index (χ3v) is 4.49. The number of sulfonamides is 1. The molecule has 0 heterocycles. The lowest BCUT2D eigenvalue weighted by atomic mass is 10.3. The van der Waals surface area contributed by atoms with Crippen LogP contribution in [-0.2, 0) is 10.0 Å². The minimum atomic E-state index is -4.23. The maximum Gasteiger partial charge on any atom is 0.441 e. The molecule has 0 saturated carbocycles. The highest BCUT2D eigenvalue weighted by molar-refractivity contribution is 8.00. The molecule has 0 bridgehead atoms. The van der Waals surface area contributed by atoms with E-state index in [0.29, 0.717) is 5.69 Å². The van der Waals surface area contributed by atoms with Gasteiger partial charge in [0.1, 0.15) is 0 Å². The normalized spacial score (nSPS) is 12.4. The number of alkyl halides is 3. The van der Waals surface area contributed by atoms with Crippen LogP contribution >= 0.6 is 11.8 Å². The minimum Gasteiger partial charge on any atom is -0.384 e. The summed E-state index contributed by atoms with van der Waals surface area (Å²) in [6.07, 6.45) is 0. The molecule has 0 saturated heterocycles. The van der Waals surface area contributed by atoms with Crippen LogP contribution in [0.4, 0.5) is 18.9 Å². The summed E-state index contributed by atoms with van der Waals surface area (Å²) in [4.78, 5) is 0.120. The molecule has 0 fully saturated rings. The minimum absolute atomic E-state index is 0.102. The molecular formula is C11H15F3N2O2S2. The highest BCUT2D eigenvalue weighted by Gasteiger charge is 2.27. The molecule has 0 aliphatic carbocycles. The Balaban J connectivity index is 2.51. The number of anilines is 1. The summed E-state index contributed by atoms with van der Waals surface area (Å²) in [6.45, 7) is 2.10. The van der Waals surface area contributed by atoms with Gasteiger partial charge >= 0.3 is 5.51 Å². The lowest BCUT2D eigenvalue weighted by Crippen LogP contribution is -2.23. The van der Waals surface area contributed by atoms with Crippen LogP contribution in [0.3, 0.4) is 0 Å². The molecule has 4 nitrogen and oxygen atoms in total. The summed E-state index contributed by atoms with van der Waals surface area (Å²) in [5, 5.41) is 2.79. The van der Waals surface area contributed by atoms with Crippen LogP contribution in [0.1, 0.15) is 6.92 Å². The fourth-order valence-electron chi connectivity index (χ4n) is 1.39. The second-order valence-electron chi connectivity index (χ2n) is 3.75. The monoisotopic (exact) mass is 328 g/mol. The van der Waals surface area contributed by atoms with Gasteiger partial charge in [0.25, 0.3) is 0 Å². The Morgan fingerprint density at radius 2 is 1.80 bits per heavy atom. The third-order valence-electron chi connectivity index (χ3n) is 2.20. The van der Waals surface area contributed by atoms with E-state index in [1.54, 1.807) is 6.92 Å². The quantitative estimate of drug-likeness (QED) is 0.756. The van der Waals surface area contributed by atoms with Crippen molar-refractivity contribution in [2.45, 2.75) is 17.3 Å². The standard InChI is InChI=1S/C11H15F3N2O2S2/c1-2-16-20(17,18)10-5-3-9(4-6-10)15-7-8-19-11(12,13)14/h3-6,15-16H,2,7-8H2,1H3. The van der Waals surface area contributed by atoms with E-state index in [2.05, 4.69) is 10.0 Å². The molecule has 9 heteroatoms. The van der Waals surface area contributed by atoms with Gasteiger partial charge in [-0.1, -0.05) is 6.92 Å². The van der Waals surface area contributed by atoms with Crippen molar-refractivity contribution in [3.63, 3.8) is 0 Å². The van der Waals surface area contributed by atoms with Crippen LogP contribution < -0.4 is 10.0 Å². The van der Waals surface area contributed by atoms with E-state index in [-0.39, 0.29) is 35.5 Å². The van der Waals surface area contributed by atoms with E-state index in [1.165, 1.54) is 24.3 Å². The summed E-state index contributed by atoms with van der Waals surface area (Å²) in [7, 11) is -3.50. The Hall–Kier alpha value is -0.930. The second-order valence-corrected chi connectivity index (χ2v) is 6.67. The summed E-state index contributed by atoms with van der Waals surface area (Å²) in [5.74, 6) is -0.110. The molecule has 0 spiro atoms. The molecular weight excluding hydrogens is 313 g/mol. The van der Waals surface area contributed by atoms with Crippen molar-refractivity contribution >= 4 is 27.5 Å². The first-order valence-electron chi connectivity index (χ1n) is 5.79. The van der Waals surface area contributed by atoms with Gasteiger partial charge in [-0.2, -0.15) is 13.2 Å². The maximum atomic E-state index is 11.9. The number of thioether (sulfide) groups is 1. The highest BCUT2D eigenvalue weighted by atomic mass is 32.2. The molecule has 1 aromatic rings. The van der Waals surface area contributed by atoms with Crippen molar-refractivity contribution in [3.8, 4) is 0 Å². The van der Waals surface area contributed by atoms with E-state index >= 15 is 0 Å². The van der Waals surface area contributed by atoms with E-state index < -0.39 is 15.5 Å². The average molecular weight is 328 g/mol. The Morgan fingerprint density at radius 1 is 1.20 bits per heavy atom. The lowest BCUT2D eigenvalue weighted by Gasteiger charge is -2.09. The molecule has 0 radical (unpaired) electrons. The van der Waals surface area contributed by atoms with Crippen LogP contribution in [-0.4, -0.2) is 32.8 Å². The Kier molecular flexibility index (Phi) is 6.15. The number of hydrogen-bond donors (Lipinski definition) is 2. The predicted octanol–water partition coefficient (Wildman–Crippen LogP) is 2.65. The number of halogens is 3. The second kappa shape index (κ2) is 7.19. The zero-order chi connectivity index (χ0) is 15.2. The summed E-state index contributed by atoms with van der Waals surface area (Å²) < 4.78 is 61.4. The van der Waals surface area contributed by atoms with Crippen molar-refractivity contribution < 1.29 is 21.6 Å². The molecule has 2 N–H and O–H groups in total. The molecule has 0 aliphatic heterocycles. The number of rotatable bonds is 7. The fourth-order valence-corrected chi connectivity index (χ4v) is 2.86. The van der Waals surface area contributed by atoms with E-state index in [9.17, 15) is 21.6 Å². The van der Waals surface area contributed by atoms with Gasteiger partial charge in [-0.15, -0.1) is 0 Å². The van der Waals surface area contributed by atoms with Crippen LogP contribution in [0, 0.1) is 0 Å². The van der Waals surface area contributed by atoms with Gasteiger partial charge in [0.2, 0.25) is 10.0 Å². The first-order valence-corrected chi connectivity index (χ1v) is 8.26. The van der Waals surface area contributed by atoms with Crippen LogP contribution in [0.25, 0.3) is 0 Å². The van der Waals surface area contributed by atoms with E-state index in [0.717, 1.165) is 0 Å². The largest absolute Gasteiger partial charge is 0.441 e. The summed E-state index contributed by atoms with van der Waals surface area (Å²) in [5.41, 5.74) is -3.66. The molecule has 0 unspecified atom stereocenters. The van der Waals surface area contributed by atoms with Gasteiger partial charge in [0.05, 0.1) is 4.90 Å². The smallest absolute Gasteiger partial charge is 0.384 e. The predicted molar refractivity (Wildman–Crippen MR) is 74.3 cm³/mol. The van der Waals surface area contributed by atoms with Crippen molar-refractivity contribution in [3.05, 3.63) is 24.3 Å². The van der Waals surface area contributed by atoms with Gasteiger partial charge in [0, 0.05) is 24.5 Å². The Bertz CT molecular complexity index is 515. The Labute approximate surface area is 120 Å². The van der Waals surface area contributed by atoms with Gasteiger partial charge in [-0.3, -0.25) is 0 Å². The molecule has 0 aliphatic rings. The zero-order valence-electron chi connectivity index (χ0n) is 10.7. The van der Waals surface area contributed by atoms with Crippen LogP contribution in [0.2, 0.25) is 0 Å². The maximum absolute atomic E-state index is 11.9. The van der Waals surface area contributed by atoms with Crippen molar-refractivity contribution in [1.29, 1.82) is 0 Å². The SMILES string of the molecule is CCNS(=O)(=O)c1ccc(NCCSC(F)(F)F)cc1. The molecule has 0 amide bonds. The van der Waals surface area contributed by atoms with Crippen molar-refractivity contribution in [1.82, 2.24) is 4.72 Å². The van der Waals surface area contributed by atoms with Crippen LogP contribution in [0.15, 0.2) is 29.2 Å². The Morgan fingerprint density at radius 3 is 2.30 bits per heavy atom. The van der Waals surface area contributed by atoms with Gasteiger partial charge in [-0.05, 0) is 36.0 Å². The molecule has 114 valence electrons. The number of benzene rings is 1. The molecule has 1 aromatic carbocycles. The van der Waals surface area contributed by atoms with Crippen LogP contribution in [0.5, 0.6) is 0 Å². The molecule has 1 rings (SSSR count). The van der Waals surface area contributed by atoms with Gasteiger partial charge in [-0.25, -0.2) is 13.1 Å². The topological polar surface area (TPSA) is 58.2 Å². The highest BCUT2D eigenvalue weighted by Crippen LogP contribution is 2.29. The van der Waals surface area contributed by atoms with Crippen molar-refractivity contribution in [2.75, 3.05) is 24.2 Å². The molecule has 0 aromatic heterocycles.